The number of halogens is 1. The van der Waals surface area contributed by atoms with Crippen LogP contribution in [-0.4, -0.2) is 41.0 Å². The molecule has 3 heterocycles. The van der Waals surface area contributed by atoms with Gasteiger partial charge in [-0.15, -0.1) is 0 Å². The number of aromatic nitrogens is 6. The van der Waals surface area contributed by atoms with E-state index in [9.17, 15) is 9.59 Å². The summed E-state index contributed by atoms with van der Waals surface area (Å²) in [6.07, 6.45) is 1.44. The molecular weight excluding hydrogens is 422 g/mol. The SMILES string of the molecule is Cc1cc(NC(=O)C(C)(C)Oc2ccc(Cl)cc2)n(-c2nc3c(cnn3C)c(=O)[nH]2)n1. The molecule has 1 aromatic carbocycles. The molecule has 4 rings (SSSR count). The second kappa shape index (κ2) is 7.55. The Bertz CT molecular complexity index is 1340. The Morgan fingerprint density at radius 1 is 1.26 bits per heavy atom. The van der Waals surface area contributed by atoms with Crippen LogP contribution >= 0.6 is 11.6 Å². The van der Waals surface area contributed by atoms with Crippen LogP contribution in [0.4, 0.5) is 5.82 Å². The predicted octanol–water partition coefficient (Wildman–Crippen LogP) is 2.60. The molecule has 4 aromatic rings. The lowest BCUT2D eigenvalue weighted by Gasteiger charge is -2.25. The number of amides is 1. The molecule has 11 heteroatoms. The second-order valence-corrected chi connectivity index (χ2v) is 7.93. The number of anilines is 1. The maximum atomic E-state index is 13.0. The molecule has 1 amide bonds. The van der Waals surface area contributed by atoms with Crippen molar-refractivity contribution in [3.8, 4) is 11.7 Å². The molecule has 0 saturated carbocycles. The number of H-pyrrole nitrogens is 1. The van der Waals surface area contributed by atoms with E-state index in [-0.39, 0.29) is 11.5 Å². The third-order valence-electron chi connectivity index (χ3n) is 4.60. The molecular formula is C20H20ClN7O3. The Balaban J connectivity index is 1.64. The van der Waals surface area contributed by atoms with Gasteiger partial charge in [0.05, 0.1) is 11.9 Å². The fourth-order valence-corrected chi connectivity index (χ4v) is 3.11. The first-order valence-corrected chi connectivity index (χ1v) is 9.77. The molecule has 31 heavy (non-hydrogen) atoms. The van der Waals surface area contributed by atoms with Crippen LogP contribution in [0.2, 0.25) is 5.02 Å². The van der Waals surface area contributed by atoms with Crippen molar-refractivity contribution >= 4 is 34.4 Å². The summed E-state index contributed by atoms with van der Waals surface area (Å²) in [6.45, 7) is 5.06. The Kier molecular flexibility index (Phi) is 5.02. The van der Waals surface area contributed by atoms with E-state index in [1.54, 1.807) is 58.2 Å². The molecule has 0 fully saturated rings. The van der Waals surface area contributed by atoms with Crippen LogP contribution in [0.3, 0.4) is 0 Å². The van der Waals surface area contributed by atoms with Crippen molar-refractivity contribution in [3.05, 3.63) is 57.6 Å². The molecule has 0 radical (unpaired) electrons. The van der Waals surface area contributed by atoms with E-state index in [1.165, 1.54) is 15.6 Å². The van der Waals surface area contributed by atoms with Crippen LogP contribution in [0, 0.1) is 6.92 Å². The summed E-state index contributed by atoms with van der Waals surface area (Å²) in [4.78, 5) is 32.5. The smallest absolute Gasteiger partial charge is 0.269 e. The number of ether oxygens (including phenoxy) is 1. The van der Waals surface area contributed by atoms with Crippen molar-refractivity contribution in [2.75, 3.05) is 5.32 Å². The van der Waals surface area contributed by atoms with Crippen molar-refractivity contribution in [1.82, 2.24) is 29.5 Å². The van der Waals surface area contributed by atoms with Crippen molar-refractivity contribution in [3.63, 3.8) is 0 Å². The Morgan fingerprint density at radius 2 is 1.97 bits per heavy atom. The largest absolute Gasteiger partial charge is 0.478 e. The minimum Gasteiger partial charge on any atom is -0.478 e. The molecule has 0 aliphatic rings. The van der Waals surface area contributed by atoms with E-state index in [4.69, 9.17) is 16.3 Å². The normalized spacial score (nSPS) is 11.6. The number of nitrogens with zero attached hydrogens (tertiary/aromatic N) is 5. The van der Waals surface area contributed by atoms with Crippen LogP contribution in [0.1, 0.15) is 19.5 Å². The summed E-state index contributed by atoms with van der Waals surface area (Å²) in [5.41, 5.74) is -0.538. The number of carbonyl (C=O) groups excluding carboxylic acids is 1. The Hall–Kier alpha value is -3.66. The molecule has 0 saturated heterocycles. The first-order chi connectivity index (χ1) is 14.6. The summed E-state index contributed by atoms with van der Waals surface area (Å²) < 4.78 is 8.69. The average molecular weight is 442 g/mol. The van der Waals surface area contributed by atoms with E-state index in [1.807, 2.05) is 0 Å². The summed E-state index contributed by atoms with van der Waals surface area (Å²) in [5, 5.41) is 12.1. The topological polar surface area (TPSA) is 120 Å². The molecule has 0 bridgehead atoms. The van der Waals surface area contributed by atoms with Gasteiger partial charge in [0, 0.05) is 18.1 Å². The minimum atomic E-state index is -1.20. The lowest BCUT2D eigenvalue weighted by Crippen LogP contribution is -2.43. The van der Waals surface area contributed by atoms with Crippen LogP contribution in [0.15, 0.2) is 41.3 Å². The Morgan fingerprint density at radius 3 is 2.68 bits per heavy atom. The number of fused-ring (bicyclic) bond motifs is 1. The molecule has 3 aromatic heterocycles. The van der Waals surface area contributed by atoms with E-state index in [0.717, 1.165) is 0 Å². The molecule has 160 valence electrons. The minimum absolute atomic E-state index is 0.154. The van der Waals surface area contributed by atoms with Gasteiger partial charge in [0.1, 0.15) is 17.0 Å². The standard InChI is InChI=1S/C20H20ClN7O3/c1-11-9-15(23-18(30)20(2,3)31-13-7-5-12(21)6-8-13)28(26-11)19-24-16-14(17(29)25-19)10-22-27(16)4/h5-10H,1-4H3,(H,23,30)(H,24,25,29). The molecule has 2 N–H and O–H groups in total. The number of benzene rings is 1. The maximum Gasteiger partial charge on any atom is 0.269 e. The second-order valence-electron chi connectivity index (χ2n) is 7.50. The molecule has 0 spiro atoms. The first-order valence-electron chi connectivity index (χ1n) is 9.39. The number of aryl methyl sites for hydroxylation is 2. The van der Waals surface area contributed by atoms with E-state index in [0.29, 0.717) is 33.3 Å². The highest BCUT2D eigenvalue weighted by Gasteiger charge is 2.31. The highest BCUT2D eigenvalue weighted by atomic mass is 35.5. The third-order valence-corrected chi connectivity index (χ3v) is 4.85. The van der Waals surface area contributed by atoms with Gasteiger partial charge in [-0.05, 0) is 45.0 Å². The number of carbonyl (C=O) groups is 1. The van der Waals surface area contributed by atoms with Crippen molar-refractivity contribution < 1.29 is 9.53 Å². The molecule has 0 aliphatic heterocycles. The van der Waals surface area contributed by atoms with Crippen molar-refractivity contribution in [2.45, 2.75) is 26.4 Å². The predicted molar refractivity (Wildman–Crippen MR) is 116 cm³/mol. The van der Waals surface area contributed by atoms with Gasteiger partial charge in [-0.1, -0.05) is 11.6 Å². The Labute approximate surface area is 181 Å². The summed E-state index contributed by atoms with van der Waals surface area (Å²) in [5.74, 6) is 0.579. The van der Waals surface area contributed by atoms with Gasteiger partial charge in [-0.3, -0.25) is 19.3 Å². The van der Waals surface area contributed by atoms with E-state index >= 15 is 0 Å². The van der Waals surface area contributed by atoms with Gasteiger partial charge in [-0.25, -0.2) is 0 Å². The van der Waals surface area contributed by atoms with Crippen LogP contribution in [-0.2, 0) is 11.8 Å². The van der Waals surface area contributed by atoms with Crippen molar-refractivity contribution in [1.29, 1.82) is 0 Å². The fourth-order valence-electron chi connectivity index (χ4n) is 2.98. The lowest BCUT2D eigenvalue weighted by molar-refractivity contribution is -0.128. The van der Waals surface area contributed by atoms with Crippen LogP contribution in [0.5, 0.6) is 5.75 Å². The number of hydrogen-bond acceptors (Lipinski definition) is 6. The van der Waals surface area contributed by atoms with Gasteiger partial charge >= 0.3 is 0 Å². The zero-order valence-electron chi connectivity index (χ0n) is 17.3. The van der Waals surface area contributed by atoms with Gasteiger partial charge in [0.25, 0.3) is 11.5 Å². The van der Waals surface area contributed by atoms with Gasteiger partial charge in [0.2, 0.25) is 5.95 Å². The maximum absolute atomic E-state index is 13.0. The fraction of sp³-hybridized carbons (Fsp3) is 0.250. The first kappa shape index (κ1) is 20.6. The number of nitrogens with one attached hydrogen (secondary N) is 2. The zero-order valence-corrected chi connectivity index (χ0v) is 18.1. The molecule has 10 nitrogen and oxygen atoms in total. The van der Waals surface area contributed by atoms with E-state index < -0.39 is 11.5 Å². The quantitative estimate of drug-likeness (QED) is 0.491. The summed E-state index contributed by atoms with van der Waals surface area (Å²) >= 11 is 5.90. The summed E-state index contributed by atoms with van der Waals surface area (Å²) in [6, 6.07) is 8.40. The van der Waals surface area contributed by atoms with Crippen molar-refractivity contribution in [2.24, 2.45) is 7.05 Å². The number of aromatic amines is 1. The molecule has 0 aliphatic carbocycles. The van der Waals surface area contributed by atoms with Crippen LogP contribution in [0.25, 0.3) is 17.0 Å². The van der Waals surface area contributed by atoms with Gasteiger partial charge in [-0.2, -0.15) is 19.9 Å². The molecule has 0 unspecified atom stereocenters. The highest BCUT2D eigenvalue weighted by Crippen LogP contribution is 2.23. The van der Waals surface area contributed by atoms with Gasteiger partial charge in [0.15, 0.2) is 11.2 Å². The van der Waals surface area contributed by atoms with Gasteiger partial charge < -0.3 is 10.1 Å². The summed E-state index contributed by atoms with van der Waals surface area (Å²) in [7, 11) is 1.69. The van der Waals surface area contributed by atoms with E-state index in [2.05, 4.69) is 25.5 Å². The average Bonchev–Trinajstić information content (AvgIpc) is 3.26. The van der Waals surface area contributed by atoms with Crippen LogP contribution < -0.4 is 15.6 Å². The monoisotopic (exact) mass is 441 g/mol. The molecule has 0 atom stereocenters. The highest BCUT2D eigenvalue weighted by molar-refractivity contribution is 6.30. The lowest BCUT2D eigenvalue weighted by atomic mass is 10.1. The number of rotatable bonds is 5. The third kappa shape index (κ3) is 4.02. The number of hydrogen-bond donors (Lipinski definition) is 2. The zero-order chi connectivity index (χ0) is 22.3.